The molecule has 0 spiro atoms. The van der Waals surface area contributed by atoms with E-state index < -0.39 is 24.7 Å². The maximum absolute atomic E-state index is 12.3. The molecule has 1 saturated heterocycles. The topological polar surface area (TPSA) is 71.3 Å². The Morgan fingerprint density at radius 3 is 2.73 bits per heavy atom. The third-order valence-corrected chi connectivity index (χ3v) is 4.28. The number of carbonyl (C=O) groups excluding carboxylic acids is 1. The molecule has 26 heavy (non-hydrogen) atoms. The van der Waals surface area contributed by atoms with Crippen LogP contribution < -0.4 is 5.32 Å². The summed E-state index contributed by atoms with van der Waals surface area (Å²) in [5, 5.41) is 10.4. The number of rotatable bonds is 5. The van der Waals surface area contributed by atoms with Crippen molar-refractivity contribution in [1.82, 2.24) is 20.4 Å². The van der Waals surface area contributed by atoms with Crippen molar-refractivity contribution in [3.63, 3.8) is 0 Å². The summed E-state index contributed by atoms with van der Waals surface area (Å²) in [6, 6.07) is 6.24. The quantitative estimate of drug-likeness (QED) is 0.852. The van der Waals surface area contributed by atoms with E-state index in [1.165, 1.54) is 0 Å². The number of hydrogen-bond acceptors (Lipinski definition) is 5. The second-order valence-electron chi connectivity index (χ2n) is 5.97. The SMILES string of the molecule is O=C(NCC(F)(F)F)C1CCCN1Cc1nnc(-c2ccc(Cl)cc2)o1. The fourth-order valence-electron chi connectivity index (χ4n) is 2.82. The minimum Gasteiger partial charge on any atom is -0.419 e. The monoisotopic (exact) mass is 388 g/mol. The average molecular weight is 389 g/mol. The van der Waals surface area contributed by atoms with Gasteiger partial charge in [-0.05, 0) is 43.7 Å². The Labute approximate surface area is 152 Å². The normalized spacial score (nSPS) is 18.2. The van der Waals surface area contributed by atoms with Gasteiger partial charge in [-0.2, -0.15) is 13.2 Å². The first-order valence-electron chi connectivity index (χ1n) is 7.99. The molecule has 1 aliphatic heterocycles. The number of carbonyl (C=O) groups is 1. The third-order valence-electron chi connectivity index (χ3n) is 4.03. The van der Waals surface area contributed by atoms with E-state index in [0.29, 0.717) is 41.8 Å². The summed E-state index contributed by atoms with van der Waals surface area (Å²) in [5.74, 6) is -0.0309. The molecule has 10 heteroatoms. The number of amides is 1. The van der Waals surface area contributed by atoms with Gasteiger partial charge in [-0.25, -0.2) is 0 Å². The smallest absolute Gasteiger partial charge is 0.405 e. The van der Waals surface area contributed by atoms with Crippen LogP contribution in [0.1, 0.15) is 18.7 Å². The van der Waals surface area contributed by atoms with Crippen LogP contribution in [0.3, 0.4) is 0 Å². The summed E-state index contributed by atoms with van der Waals surface area (Å²) < 4.78 is 42.4. The van der Waals surface area contributed by atoms with Crippen LogP contribution in [0.5, 0.6) is 0 Å². The Morgan fingerprint density at radius 2 is 2.04 bits per heavy atom. The second-order valence-corrected chi connectivity index (χ2v) is 6.41. The highest BCUT2D eigenvalue weighted by Crippen LogP contribution is 2.24. The number of halogens is 4. The van der Waals surface area contributed by atoms with Gasteiger partial charge in [0.25, 0.3) is 0 Å². The molecule has 1 aromatic heterocycles. The van der Waals surface area contributed by atoms with Crippen LogP contribution in [0.15, 0.2) is 28.7 Å². The number of likely N-dealkylation sites (tertiary alicyclic amines) is 1. The van der Waals surface area contributed by atoms with Crippen LogP contribution in [0.25, 0.3) is 11.5 Å². The molecule has 1 aromatic carbocycles. The van der Waals surface area contributed by atoms with E-state index >= 15 is 0 Å². The number of benzene rings is 1. The van der Waals surface area contributed by atoms with E-state index in [1.54, 1.807) is 29.2 Å². The van der Waals surface area contributed by atoms with E-state index in [-0.39, 0.29) is 6.54 Å². The molecule has 1 fully saturated rings. The average Bonchev–Trinajstić information content (AvgIpc) is 3.23. The highest BCUT2D eigenvalue weighted by atomic mass is 35.5. The third kappa shape index (κ3) is 4.73. The number of hydrogen-bond donors (Lipinski definition) is 1. The van der Waals surface area contributed by atoms with Crippen molar-refractivity contribution in [2.24, 2.45) is 0 Å². The predicted octanol–water partition coefficient (Wildman–Crippen LogP) is 3.03. The zero-order chi connectivity index (χ0) is 18.7. The molecule has 140 valence electrons. The molecule has 6 nitrogen and oxygen atoms in total. The molecule has 1 aliphatic rings. The van der Waals surface area contributed by atoms with Crippen molar-refractivity contribution in [2.75, 3.05) is 13.1 Å². The fourth-order valence-corrected chi connectivity index (χ4v) is 2.94. The molecule has 2 heterocycles. The summed E-state index contributed by atoms with van der Waals surface area (Å²) in [4.78, 5) is 13.8. The van der Waals surface area contributed by atoms with Crippen molar-refractivity contribution in [1.29, 1.82) is 0 Å². The Hall–Kier alpha value is -2.13. The van der Waals surface area contributed by atoms with Crippen LogP contribution in [-0.4, -0.2) is 46.3 Å². The molecule has 0 saturated carbocycles. The van der Waals surface area contributed by atoms with Gasteiger partial charge >= 0.3 is 6.18 Å². The first-order valence-corrected chi connectivity index (χ1v) is 8.36. The van der Waals surface area contributed by atoms with Gasteiger partial charge in [0.2, 0.25) is 17.7 Å². The lowest BCUT2D eigenvalue weighted by Gasteiger charge is -2.22. The number of aromatic nitrogens is 2. The zero-order valence-corrected chi connectivity index (χ0v) is 14.3. The van der Waals surface area contributed by atoms with E-state index in [4.69, 9.17) is 16.0 Å². The zero-order valence-electron chi connectivity index (χ0n) is 13.6. The minimum atomic E-state index is -4.43. The van der Waals surface area contributed by atoms with Crippen molar-refractivity contribution in [3.8, 4) is 11.5 Å². The molecule has 3 rings (SSSR count). The molecular formula is C16H16ClF3N4O2. The maximum atomic E-state index is 12.3. The highest BCUT2D eigenvalue weighted by Gasteiger charge is 2.34. The molecule has 1 N–H and O–H groups in total. The molecule has 2 aromatic rings. The van der Waals surface area contributed by atoms with Crippen molar-refractivity contribution in [2.45, 2.75) is 31.6 Å². The lowest BCUT2D eigenvalue weighted by Crippen LogP contribution is -2.45. The summed E-state index contributed by atoms with van der Waals surface area (Å²) >= 11 is 5.84. The predicted molar refractivity (Wildman–Crippen MR) is 87.2 cm³/mol. The second kappa shape index (κ2) is 7.63. The molecule has 1 amide bonds. The molecule has 0 radical (unpaired) electrons. The van der Waals surface area contributed by atoms with Crippen LogP contribution in [-0.2, 0) is 11.3 Å². The number of alkyl halides is 3. The van der Waals surface area contributed by atoms with Crippen molar-refractivity contribution in [3.05, 3.63) is 35.2 Å². The van der Waals surface area contributed by atoms with Gasteiger partial charge < -0.3 is 9.73 Å². The summed E-state index contributed by atoms with van der Waals surface area (Å²) in [5.41, 5.74) is 0.703. The Balaban J connectivity index is 1.63. The Morgan fingerprint density at radius 1 is 1.31 bits per heavy atom. The first kappa shape index (κ1) is 18.7. The molecular weight excluding hydrogens is 373 g/mol. The van der Waals surface area contributed by atoms with Gasteiger partial charge in [0, 0.05) is 10.6 Å². The maximum Gasteiger partial charge on any atom is 0.405 e. The molecule has 0 bridgehead atoms. The summed E-state index contributed by atoms with van der Waals surface area (Å²) in [7, 11) is 0. The van der Waals surface area contributed by atoms with Gasteiger partial charge in [0.15, 0.2) is 0 Å². The van der Waals surface area contributed by atoms with Gasteiger partial charge in [-0.1, -0.05) is 11.6 Å². The van der Waals surface area contributed by atoms with Gasteiger partial charge in [0.05, 0.1) is 12.6 Å². The summed E-state index contributed by atoms with van der Waals surface area (Å²) in [6.07, 6.45) is -3.23. The van der Waals surface area contributed by atoms with Crippen LogP contribution in [0.4, 0.5) is 13.2 Å². The van der Waals surface area contributed by atoms with E-state index in [0.717, 1.165) is 0 Å². The first-order chi connectivity index (χ1) is 12.3. The fraction of sp³-hybridized carbons (Fsp3) is 0.438. The Kier molecular flexibility index (Phi) is 5.47. The lowest BCUT2D eigenvalue weighted by molar-refractivity contribution is -0.141. The van der Waals surface area contributed by atoms with E-state index in [1.807, 2.05) is 5.32 Å². The lowest BCUT2D eigenvalue weighted by atomic mass is 10.2. The number of nitrogens with one attached hydrogen (secondary N) is 1. The Bertz CT molecular complexity index is 764. The molecule has 1 unspecified atom stereocenters. The highest BCUT2D eigenvalue weighted by molar-refractivity contribution is 6.30. The van der Waals surface area contributed by atoms with Gasteiger partial charge in [-0.3, -0.25) is 9.69 Å². The van der Waals surface area contributed by atoms with Gasteiger partial charge in [-0.15, -0.1) is 10.2 Å². The minimum absolute atomic E-state index is 0.199. The largest absolute Gasteiger partial charge is 0.419 e. The molecule has 0 aliphatic carbocycles. The van der Waals surface area contributed by atoms with Crippen molar-refractivity contribution < 1.29 is 22.4 Å². The van der Waals surface area contributed by atoms with Crippen LogP contribution in [0.2, 0.25) is 5.02 Å². The van der Waals surface area contributed by atoms with E-state index in [2.05, 4.69) is 10.2 Å². The summed E-state index contributed by atoms with van der Waals surface area (Å²) in [6.45, 7) is -0.565. The number of nitrogens with zero attached hydrogens (tertiary/aromatic N) is 3. The molecule has 1 atom stereocenters. The standard InChI is InChI=1S/C16H16ClF3N4O2/c17-11-5-3-10(4-6-11)15-23-22-13(26-15)8-24-7-1-2-12(24)14(25)21-9-16(18,19)20/h3-6,12H,1-2,7-9H2,(H,21,25). The van der Waals surface area contributed by atoms with Crippen molar-refractivity contribution >= 4 is 17.5 Å². The van der Waals surface area contributed by atoms with Crippen LogP contribution >= 0.6 is 11.6 Å². The van der Waals surface area contributed by atoms with Crippen LogP contribution in [0, 0.1) is 0 Å². The van der Waals surface area contributed by atoms with Gasteiger partial charge in [0.1, 0.15) is 6.54 Å². The van der Waals surface area contributed by atoms with E-state index in [9.17, 15) is 18.0 Å².